The highest BCUT2D eigenvalue weighted by atomic mass is 16.7. The molecule has 0 aromatic rings. The van der Waals surface area contributed by atoms with Gasteiger partial charge < -0.3 is 29.4 Å². The summed E-state index contributed by atoms with van der Waals surface area (Å²) in [6.45, 7) is 8.81. The topological polar surface area (TPSA) is 72.2 Å². The summed E-state index contributed by atoms with van der Waals surface area (Å²) < 4.78 is 26.5. The van der Waals surface area contributed by atoms with Gasteiger partial charge >= 0.3 is 0 Å². The molecule has 0 aromatic heterocycles. The predicted molar refractivity (Wildman–Crippen MR) is 68.6 cm³/mol. The molecule has 0 aliphatic heterocycles. The Labute approximate surface area is 110 Å². The Morgan fingerprint density at radius 1 is 0.778 bits per heavy atom. The summed E-state index contributed by atoms with van der Waals surface area (Å²) in [5.41, 5.74) is 5.28. The van der Waals surface area contributed by atoms with Crippen molar-refractivity contribution in [3.05, 3.63) is 0 Å². The molecule has 0 bridgehead atoms. The highest BCUT2D eigenvalue weighted by Gasteiger charge is 2.07. The minimum atomic E-state index is -0.284. The lowest BCUT2D eigenvalue weighted by atomic mass is 10.6. The third kappa shape index (κ3) is 12.2. The van der Waals surface area contributed by atoms with Gasteiger partial charge in [-0.2, -0.15) is 0 Å². The lowest BCUT2D eigenvalue weighted by Gasteiger charge is -2.16. The molecule has 0 spiro atoms. The lowest BCUT2D eigenvalue weighted by molar-refractivity contribution is -0.169. The summed E-state index contributed by atoms with van der Waals surface area (Å²) in [4.78, 5) is 0. The van der Waals surface area contributed by atoms with Gasteiger partial charge in [0, 0.05) is 19.8 Å². The van der Waals surface area contributed by atoms with Crippen molar-refractivity contribution in [3.8, 4) is 0 Å². The van der Waals surface area contributed by atoms with Gasteiger partial charge in [-0.25, -0.2) is 0 Å². The van der Waals surface area contributed by atoms with Crippen LogP contribution in [-0.4, -0.2) is 65.7 Å². The van der Waals surface area contributed by atoms with Gasteiger partial charge in [0.25, 0.3) is 0 Å². The smallest absolute Gasteiger partial charge is 0.180 e. The second kappa shape index (κ2) is 14.8. The van der Waals surface area contributed by atoms with Crippen LogP contribution in [0.15, 0.2) is 0 Å². The third-order valence-electron chi connectivity index (χ3n) is 1.97. The molecule has 0 rings (SSSR count). The molecule has 0 fully saturated rings. The second-order valence-electron chi connectivity index (χ2n) is 3.43. The highest BCUT2D eigenvalue weighted by molar-refractivity contribution is 4.42. The quantitative estimate of drug-likeness (QED) is 0.362. The van der Waals surface area contributed by atoms with Crippen molar-refractivity contribution in [1.82, 2.24) is 0 Å². The van der Waals surface area contributed by atoms with Crippen molar-refractivity contribution in [1.29, 1.82) is 0 Å². The van der Waals surface area contributed by atoms with E-state index in [1.165, 1.54) is 0 Å². The number of ether oxygens (including phenoxy) is 5. The molecule has 0 aromatic carbocycles. The van der Waals surface area contributed by atoms with E-state index in [-0.39, 0.29) is 6.29 Å². The molecule has 2 N–H and O–H groups in total. The Balaban J connectivity index is 3.21. The SMILES string of the molecule is CCOC(COCCOCCOCCN)OCC. The summed E-state index contributed by atoms with van der Waals surface area (Å²) in [6, 6.07) is 0. The summed E-state index contributed by atoms with van der Waals surface area (Å²) in [5, 5.41) is 0. The van der Waals surface area contributed by atoms with E-state index in [9.17, 15) is 0 Å². The summed E-state index contributed by atoms with van der Waals surface area (Å²) in [7, 11) is 0. The fourth-order valence-corrected chi connectivity index (χ4v) is 1.22. The van der Waals surface area contributed by atoms with E-state index >= 15 is 0 Å². The average Bonchev–Trinajstić information content (AvgIpc) is 2.37. The number of nitrogens with two attached hydrogens (primary N) is 1. The molecule has 0 atom stereocenters. The summed E-state index contributed by atoms with van der Waals surface area (Å²) >= 11 is 0. The molecule has 6 heteroatoms. The highest BCUT2D eigenvalue weighted by Crippen LogP contribution is 1.96. The zero-order valence-corrected chi connectivity index (χ0v) is 11.6. The van der Waals surface area contributed by atoms with Crippen LogP contribution in [-0.2, 0) is 23.7 Å². The van der Waals surface area contributed by atoms with E-state index in [1.54, 1.807) is 0 Å². The molecule has 0 saturated carbocycles. The first kappa shape index (κ1) is 17.8. The van der Waals surface area contributed by atoms with E-state index in [2.05, 4.69) is 0 Å². The molecule has 0 radical (unpaired) electrons. The van der Waals surface area contributed by atoms with E-state index < -0.39 is 0 Å². The van der Waals surface area contributed by atoms with Crippen LogP contribution in [0.1, 0.15) is 13.8 Å². The average molecular weight is 265 g/mol. The summed E-state index contributed by atoms with van der Waals surface area (Å²) in [6.07, 6.45) is -0.284. The zero-order valence-electron chi connectivity index (χ0n) is 11.6. The molecule has 0 saturated heterocycles. The fourth-order valence-electron chi connectivity index (χ4n) is 1.22. The first-order valence-electron chi connectivity index (χ1n) is 6.51. The van der Waals surface area contributed by atoms with Crippen LogP contribution < -0.4 is 5.73 Å². The van der Waals surface area contributed by atoms with Gasteiger partial charge in [-0.05, 0) is 13.8 Å². The van der Waals surface area contributed by atoms with Gasteiger partial charge in [0.15, 0.2) is 6.29 Å². The first-order valence-corrected chi connectivity index (χ1v) is 6.51. The lowest BCUT2D eigenvalue weighted by Crippen LogP contribution is -2.24. The van der Waals surface area contributed by atoms with Crippen LogP contribution in [0.25, 0.3) is 0 Å². The van der Waals surface area contributed by atoms with Crippen LogP contribution >= 0.6 is 0 Å². The molecule has 0 unspecified atom stereocenters. The van der Waals surface area contributed by atoms with Crippen LogP contribution in [0.3, 0.4) is 0 Å². The molecule has 0 amide bonds. The van der Waals surface area contributed by atoms with E-state index in [4.69, 9.17) is 29.4 Å². The summed E-state index contributed by atoms with van der Waals surface area (Å²) in [5.74, 6) is 0. The maximum absolute atomic E-state index is 5.39. The van der Waals surface area contributed by atoms with Crippen molar-refractivity contribution >= 4 is 0 Å². The van der Waals surface area contributed by atoms with Gasteiger partial charge in [0.1, 0.15) is 0 Å². The van der Waals surface area contributed by atoms with E-state index in [0.717, 1.165) is 0 Å². The van der Waals surface area contributed by atoms with Crippen molar-refractivity contribution < 1.29 is 23.7 Å². The minimum Gasteiger partial charge on any atom is -0.378 e. The number of hydrogen-bond donors (Lipinski definition) is 1. The van der Waals surface area contributed by atoms with E-state index in [0.29, 0.717) is 59.4 Å². The van der Waals surface area contributed by atoms with Gasteiger partial charge in [-0.3, -0.25) is 0 Å². The number of rotatable bonds is 14. The molecule has 18 heavy (non-hydrogen) atoms. The molecule has 0 heterocycles. The Morgan fingerprint density at radius 3 is 1.78 bits per heavy atom. The van der Waals surface area contributed by atoms with Crippen molar-refractivity contribution in [3.63, 3.8) is 0 Å². The van der Waals surface area contributed by atoms with Gasteiger partial charge in [-0.15, -0.1) is 0 Å². The van der Waals surface area contributed by atoms with Crippen LogP contribution in [0.2, 0.25) is 0 Å². The molecule has 110 valence electrons. The second-order valence-corrected chi connectivity index (χ2v) is 3.43. The molecule has 0 aliphatic carbocycles. The Hall–Kier alpha value is -0.240. The van der Waals surface area contributed by atoms with Crippen molar-refractivity contribution in [2.75, 3.05) is 59.4 Å². The van der Waals surface area contributed by atoms with E-state index in [1.807, 2.05) is 13.8 Å². The monoisotopic (exact) mass is 265 g/mol. The Kier molecular flexibility index (Phi) is 14.6. The fraction of sp³-hybridized carbons (Fsp3) is 1.00. The van der Waals surface area contributed by atoms with Gasteiger partial charge in [0.05, 0.1) is 39.6 Å². The predicted octanol–water partition coefficient (Wildman–Crippen LogP) is 0.394. The molecular weight excluding hydrogens is 238 g/mol. The maximum Gasteiger partial charge on any atom is 0.180 e. The minimum absolute atomic E-state index is 0.284. The van der Waals surface area contributed by atoms with Crippen molar-refractivity contribution in [2.24, 2.45) is 5.73 Å². The van der Waals surface area contributed by atoms with Gasteiger partial charge in [0.2, 0.25) is 0 Å². The maximum atomic E-state index is 5.39. The Morgan fingerprint density at radius 2 is 1.28 bits per heavy atom. The molecule has 6 nitrogen and oxygen atoms in total. The molecule has 0 aliphatic rings. The van der Waals surface area contributed by atoms with Crippen LogP contribution in [0.4, 0.5) is 0 Å². The molecular formula is C12H27NO5. The normalized spacial score (nSPS) is 11.3. The van der Waals surface area contributed by atoms with Crippen LogP contribution in [0, 0.1) is 0 Å². The first-order chi connectivity index (χ1) is 8.85. The van der Waals surface area contributed by atoms with Gasteiger partial charge in [-0.1, -0.05) is 0 Å². The zero-order chi connectivity index (χ0) is 13.5. The van der Waals surface area contributed by atoms with Crippen LogP contribution in [0.5, 0.6) is 0 Å². The third-order valence-corrected chi connectivity index (χ3v) is 1.97. The standard InChI is InChI=1S/C12H27NO5/c1-3-17-12(18-4-2)11-16-10-9-15-8-7-14-6-5-13/h12H,3-11,13H2,1-2H3. The Bertz CT molecular complexity index is 153. The largest absolute Gasteiger partial charge is 0.378 e. The van der Waals surface area contributed by atoms with Crippen molar-refractivity contribution in [2.45, 2.75) is 20.1 Å². The number of hydrogen-bond acceptors (Lipinski definition) is 6.